The molecule has 0 saturated heterocycles. The molecule has 2 nitrogen and oxygen atoms in total. The second-order valence-corrected chi connectivity index (χ2v) is 4.23. The number of aryl methyl sites for hydroxylation is 1. The minimum atomic E-state index is -0.843. The fourth-order valence-electron chi connectivity index (χ4n) is 1.42. The maximum absolute atomic E-state index is 10.7. The second kappa shape index (κ2) is 3.42. The molecule has 0 fully saturated rings. The van der Waals surface area contributed by atoms with Crippen LogP contribution in [-0.4, -0.2) is 11.1 Å². The minimum absolute atomic E-state index is 0.410. The Bertz CT molecular complexity index is 485. The van der Waals surface area contributed by atoms with Crippen LogP contribution in [0, 0.1) is 0 Å². The highest BCUT2D eigenvalue weighted by atomic mass is 32.1. The molecule has 0 bridgehead atoms. The van der Waals surface area contributed by atoms with Crippen molar-refractivity contribution in [3.8, 4) is 0 Å². The molecule has 2 rings (SSSR count). The number of hydrogen-bond donors (Lipinski definition) is 1. The lowest BCUT2D eigenvalue weighted by Crippen LogP contribution is -1.89. The van der Waals surface area contributed by atoms with Crippen LogP contribution in [0.15, 0.2) is 24.3 Å². The number of carboxylic acids is 1. The number of thiophene rings is 1. The van der Waals surface area contributed by atoms with Gasteiger partial charge in [-0.3, -0.25) is 0 Å². The Hall–Kier alpha value is -1.35. The minimum Gasteiger partial charge on any atom is -0.477 e. The van der Waals surface area contributed by atoms with Crippen molar-refractivity contribution >= 4 is 27.4 Å². The lowest BCUT2D eigenvalue weighted by atomic mass is 10.1. The lowest BCUT2D eigenvalue weighted by molar-refractivity contribution is 0.0702. The number of benzene rings is 1. The van der Waals surface area contributed by atoms with Gasteiger partial charge in [-0.05, 0) is 29.5 Å². The van der Waals surface area contributed by atoms with E-state index < -0.39 is 5.97 Å². The molecule has 72 valence electrons. The van der Waals surface area contributed by atoms with Crippen LogP contribution in [0.1, 0.15) is 22.2 Å². The van der Waals surface area contributed by atoms with Crippen LogP contribution in [0.3, 0.4) is 0 Å². The van der Waals surface area contributed by atoms with E-state index in [1.54, 1.807) is 6.07 Å². The summed E-state index contributed by atoms with van der Waals surface area (Å²) < 4.78 is 1.04. The highest BCUT2D eigenvalue weighted by molar-refractivity contribution is 7.20. The molecule has 14 heavy (non-hydrogen) atoms. The first-order valence-electron chi connectivity index (χ1n) is 4.46. The normalized spacial score (nSPS) is 10.6. The van der Waals surface area contributed by atoms with Gasteiger partial charge in [-0.1, -0.05) is 19.1 Å². The third kappa shape index (κ3) is 1.51. The van der Waals surface area contributed by atoms with E-state index >= 15 is 0 Å². The molecule has 1 N–H and O–H groups in total. The van der Waals surface area contributed by atoms with Crippen molar-refractivity contribution in [3.63, 3.8) is 0 Å². The van der Waals surface area contributed by atoms with E-state index in [4.69, 9.17) is 5.11 Å². The summed E-state index contributed by atoms with van der Waals surface area (Å²) in [6, 6.07) is 7.83. The SMILES string of the molecule is CCc1ccc2sc(C(=O)O)cc2c1. The Kier molecular flexibility index (Phi) is 2.25. The molecule has 3 heteroatoms. The number of hydrogen-bond acceptors (Lipinski definition) is 2. The zero-order valence-corrected chi connectivity index (χ0v) is 8.60. The zero-order valence-electron chi connectivity index (χ0n) is 7.78. The lowest BCUT2D eigenvalue weighted by Gasteiger charge is -1.94. The Labute approximate surface area is 85.8 Å². The molecule has 0 radical (unpaired) electrons. The fraction of sp³-hybridized carbons (Fsp3) is 0.182. The molecule has 0 saturated carbocycles. The van der Waals surface area contributed by atoms with E-state index in [0.29, 0.717) is 4.88 Å². The van der Waals surface area contributed by atoms with Gasteiger partial charge < -0.3 is 5.11 Å². The summed E-state index contributed by atoms with van der Waals surface area (Å²) in [4.78, 5) is 11.1. The number of fused-ring (bicyclic) bond motifs is 1. The molecule has 0 atom stereocenters. The number of carbonyl (C=O) groups is 1. The summed E-state index contributed by atoms with van der Waals surface area (Å²) in [5.41, 5.74) is 1.24. The highest BCUT2D eigenvalue weighted by Crippen LogP contribution is 2.26. The molecule has 0 amide bonds. The number of carboxylic acid groups (broad SMARTS) is 1. The van der Waals surface area contributed by atoms with E-state index in [1.165, 1.54) is 16.9 Å². The van der Waals surface area contributed by atoms with Gasteiger partial charge in [0.1, 0.15) is 4.88 Å². The molecule has 0 unspecified atom stereocenters. The molecule has 2 aromatic rings. The van der Waals surface area contributed by atoms with Gasteiger partial charge in [-0.15, -0.1) is 11.3 Å². The topological polar surface area (TPSA) is 37.3 Å². The molecule has 0 aliphatic carbocycles. The van der Waals surface area contributed by atoms with Crippen molar-refractivity contribution in [1.82, 2.24) is 0 Å². The average Bonchev–Trinajstić information content (AvgIpc) is 2.59. The number of aromatic carboxylic acids is 1. The molecular formula is C11H10O2S. The van der Waals surface area contributed by atoms with Gasteiger partial charge in [0.15, 0.2) is 0 Å². The van der Waals surface area contributed by atoms with Crippen molar-refractivity contribution in [3.05, 3.63) is 34.7 Å². The summed E-state index contributed by atoms with van der Waals surface area (Å²) in [5, 5.41) is 9.86. The van der Waals surface area contributed by atoms with Crippen LogP contribution in [0.5, 0.6) is 0 Å². The van der Waals surface area contributed by atoms with Crippen LogP contribution in [0.4, 0.5) is 0 Å². The predicted octanol–water partition coefficient (Wildman–Crippen LogP) is 3.16. The van der Waals surface area contributed by atoms with E-state index in [-0.39, 0.29) is 0 Å². The van der Waals surface area contributed by atoms with Gasteiger partial charge >= 0.3 is 5.97 Å². The van der Waals surface area contributed by atoms with Crippen molar-refractivity contribution in [2.24, 2.45) is 0 Å². The Morgan fingerprint density at radius 1 is 1.43 bits per heavy atom. The maximum Gasteiger partial charge on any atom is 0.345 e. The highest BCUT2D eigenvalue weighted by Gasteiger charge is 2.07. The molecule has 0 spiro atoms. The van der Waals surface area contributed by atoms with E-state index in [1.807, 2.05) is 12.1 Å². The smallest absolute Gasteiger partial charge is 0.345 e. The summed E-state index contributed by atoms with van der Waals surface area (Å²) in [6.45, 7) is 2.09. The molecule has 1 aromatic carbocycles. The average molecular weight is 206 g/mol. The zero-order chi connectivity index (χ0) is 10.1. The van der Waals surface area contributed by atoms with Crippen LogP contribution in [0.25, 0.3) is 10.1 Å². The molecule has 0 aliphatic heterocycles. The van der Waals surface area contributed by atoms with Gasteiger partial charge in [0, 0.05) is 4.70 Å². The Morgan fingerprint density at radius 2 is 2.21 bits per heavy atom. The summed E-state index contributed by atoms with van der Waals surface area (Å²) in [5.74, 6) is -0.843. The van der Waals surface area contributed by atoms with Crippen LogP contribution in [0.2, 0.25) is 0 Å². The fourth-order valence-corrected chi connectivity index (χ4v) is 2.30. The molecule has 1 aromatic heterocycles. The Balaban J connectivity index is 2.60. The first kappa shape index (κ1) is 9.21. The monoisotopic (exact) mass is 206 g/mol. The third-order valence-electron chi connectivity index (χ3n) is 2.20. The van der Waals surface area contributed by atoms with Crippen molar-refractivity contribution < 1.29 is 9.90 Å². The molecule has 1 heterocycles. The first-order chi connectivity index (χ1) is 6.70. The van der Waals surface area contributed by atoms with Crippen molar-refractivity contribution in [2.45, 2.75) is 13.3 Å². The van der Waals surface area contributed by atoms with Gasteiger partial charge in [0.25, 0.3) is 0 Å². The van der Waals surface area contributed by atoms with E-state index in [9.17, 15) is 4.79 Å². The maximum atomic E-state index is 10.7. The predicted molar refractivity (Wildman–Crippen MR) is 58.2 cm³/mol. The van der Waals surface area contributed by atoms with Crippen molar-refractivity contribution in [2.75, 3.05) is 0 Å². The van der Waals surface area contributed by atoms with Gasteiger partial charge in [-0.25, -0.2) is 4.79 Å². The standard InChI is InChI=1S/C11H10O2S/c1-2-7-3-4-9-8(5-7)6-10(14-9)11(12)13/h3-6H,2H2,1H3,(H,12,13). The summed E-state index contributed by atoms with van der Waals surface area (Å²) in [7, 11) is 0. The second-order valence-electron chi connectivity index (χ2n) is 3.14. The van der Waals surface area contributed by atoms with Gasteiger partial charge in [0.05, 0.1) is 0 Å². The van der Waals surface area contributed by atoms with Gasteiger partial charge in [0.2, 0.25) is 0 Å². The summed E-state index contributed by atoms with van der Waals surface area (Å²) in [6.07, 6.45) is 0.980. The first-order valence-corrected chi connectivity index (χ1v) is 5.28. The van der Waals surface area contributed by atoms with Crippen LogP contribution in [-0.2, 0) is 6.42 Å². The Morgan fingerprint density at radius 3 is 2.86 bits per heavy atom. The van der Waals surface area contributed by atoms with Crippen LogP contribution >= 0.6 is 11.3 Å². The summed E-state index contributed by atoms with van der Waals surface area (Å²) >= 11 is 1.33. The molecule has 0 aliphatic rings. The number of rotatable bonds is 2. The van der Waals surface area contributed by atoms with E-state index in [2.05, 4.69) is 13.0 Å². The van der Waals surface area contributed by atoms with Crippen molar-refractivity contribution in [1.29, 1.82) is 0 Å². The quantitative estimate of drug-likeness (QED) is 0.819. The largest absolute Gasteiger partial charge is 0.477 e. The van der Waals surface area contributed by atoms with E-state index in [0.717, 1.165) is 16.5 Å². The third-order valence-corrected chi connectivity index (χ3v) is 3.30. The molecular weight excluding hydrogens is 196 g/mol. The van der Waals surface area contributed by atoms with Crippen LogP contribution < -0.4 is 0 Å². The van der Waals surface area contributed by atoms with Gasteiger partial charge in [-0.2, -0.15) is 0 Å².